The minimum absolute atomic E-state index is 0.0693. The zero-order chi connectivity index (χ0) is 21.3. The van der Waals surface area contributed by atoms with Crippen LogP contribution in [0.25, 0.3) is 0 Å². The second kappa shape index (κ2) is 8.41. The van der Waals surface area contributed by atoms with E-state index < -0.39 is 22.9 Å². The van der Waals surface area contributed by atoms with Crippen LogP contribution in [0.3, 0.4) is 0 Å². The third kappa shape index (κ3) is 4.87. The van der Waals surface area contributed by atoms with Crippen molar-refractivity contribution in [2.75, 3.05) is 47.0 Å². The van der Waals surface area contributed by atoms with Gasteiger partial charge in [0.2, 0.25) is 0 Å². The lowest BCUT2D eigenvalue weighted by Gasteiger charge is -2.48. The summed E-state index contributed by atoms with van der Waals surface area (Å²) in [6.07, 6.45) is 0.293. The Morgan fingerprint density at radius 1 is 1.10 bits per heavy atom. The van der Waals surface area contributed by atoms with Gasteiger partial charge >= 0.3 is 18.1 Å². The fraction of sp³-hybridized carbons (Fsp3) is 0.900. The van der Waals surface area contributed by atoms with E-state index in [9.17, 15) is 22.8 Å². The molecule has 0 aromatic heterocycles. The summed E-state index contributed by atoms with van der Waals surface area (Å²) in [5.41, 5.74) is -0.935. The SMILES string of the molecule is COCC1(CN(C(=O)C(F)(F)F)C2CC2)CCN(CC2(C(=O)OC)CCC2)CC1. The number of likely N-dealkylation sites (tertiary alicyclic amines) is 1. The topological polar surface area (TPSA) is 59.1 Å². The fourth-order valence-electron chi connectivity index (χ4n) is 4.79. The van der Waals surface area contributed by atoms with E-state index in [4.69, 9.17) is 9.47 Å². The summed E-state index contributed by atoms with van der Waals surface area (Å²) < 4.78 is 49.6. The number of methoxy groups -OCH3 is 2. The molecule has 9 heteroatoms. The van der Waals surface area contributed by atoms with Crippen molar-refractivity contribution < 1.29 is 32.2 Å². The maximum atomic E-state index is 13.1. The molecule has 1 aliphatic heterocycles. The number of carbonyl (C=O) groups excluding carboxylic acids is 2. The highest BCUT2D eigenvalue weighted by Gasteiger charge is 2.51. The lowest BCUT2D eigenvalue weighted by atomic mass is 9.68. The zero-order valence-corrected chi connectivity index (χ0v) is 17.2. The fourth-order valence-corrected chi connectivity index (χ4v) is 4.79. The minimum Gasteiger partial charge on any atom is -0.469 e. The van der Waals surface area contributed by atoms with Gasteiger partial charge in [0.25, 0.3) is 0 Å². The van der Waals surface area contributed by atoms with Gasteiger partial charge in [-0.2, -0.15) is 13.2 Å². The monoisotopic (exact) mass is 420 g/mol. The highest BCUT2D eigenvalue weighted by Crippen LogP contribution is 2.44. The van der Waals surface area contributed by atoms with Gasteiger partial charge in [-0.3, -0.25) is 9.59 Å². The van der Waals surface area contributed by atoms with Crippen molar-refractivity contribution in [1.82, 2.24) is 9.80 Å². The quantitative estimate of drug-likeness (QED) is 0.565. The van der Waals surface area contributed by atoms with Crippen LogP contribution >= 0.6 is 0 Å². The van der Waals surface area contributed by atoms with E-state index in [1.807, 2.05) is 0 Å². The van der Waals surface area contributed by atoms with Crippen LogP contribution in [-0.4, -0.2) is 80.9 Å². The minimum atomic E-state index is -4.85. The number of esters is 1. The van der Waals surface area contributed by atoms with E-state index in [0.29, 0.717) is 51.9 Å². The van der Waals surface area contributed by atoms with Gasteiger partial charge < -0.3 is 19.3 Å². The first-order valence-electron chi connectivity index (χ1n) is 10.3. The van der Waals surface area contributed by atoms with E-state index in [1.165, 1.54) is 7.11 Å². The van der Waals surface area contributed by atoms with E-state index in [2.05, 4.69) is 4.90 Å². The Balaban J connectivity index is 1.65. The number of hydrogen-bond donors (Lipinski definition) is 0. The largest absolute Gasteiger partial charge is 0.471 e. The van der Waals surface area contributed by atoms with Gasteiger partial charge in [-0.25, -0.2) is 0 Å². The Morgan fingerprint density at radius 2 is 1.72 bits per heavy atom. The molecule has 0 radical (unpaired) electrons. The molecule has 29 heavy (non-hydrogen) atoms. The van der Waals surface area contributed by atoms with Crippen LogP contribution in [-0.2, 0) is 19.1 Å². The van der Waals surface area contributed by atoms with Crippen LogP contribution < -0.4 is 0 Å². The summed E-state index contributed by atoms with van der Waals surface area (Å²) in [5, 5.41) is 0. The zero-order valence-electron chi connectivity index (χ0n) is 17.2. The third-order valence-corrected chi connectivity index (χ3v) is 6.82. The molecule has 3 aliphatic rings. The van der Waals surface area contributed by atoms with E-state index in [-0.39, 0.29) is 18.6 Å². The summed E-state index contributed by atoms with van der Waals surface area (Å²) in [5.74, 6) is -1.91. The molecule has 1 heterocycles. The molecule has 1 saturated heterocycles. The summed E-state index contributed by atoms with van der Waals surface area (Å²) in [4.78, 5) is 27.4. The highest BCUT2D eigenvalue weighted by molar-refractivity contribution is 5.82. The van der Waals surface area contributed by atoms with Crippen molar-refractivity contribution in [3.63, 3.8) is 0 Å². The molecule has 0 atom stereocenters. The molecule has 0 unspecified atom stereocenters. The number of halogens is 3. The number of nitrogens with zero attached hydrogens (tertiary/aromatic N) is 2. The highest BCUT2D eigenvalue weighted by atomic mass is 19.4. The molecule has 0 aromatic carbocycles. The Labute approximate surface area is 169 Å². The molecule has 3 rings (SSSR count). The standard InChI is InChI=1S/C20H31F3N2O4/c1-28-14-18(12-25(15-4-5-15)16(26)20(21,22)23)8-10-24(11-9-18)13-19(6-3-7-19)17(27)29-2/h15H,3-14H2,1-2H3. The summed E-state index contributed by atoms with van der Waals surface area (Å²) >= 11 is 0. The normalized spacial score (nSPS) is 23.9. The van der Waals surface area contributed by atoms with Gasteiger partial charge in [-0.1, -0.05) is 6.42 Å². The molecule has 6 nitrogen and oxygen atoms in total. The van der Waals surface area contributed by atoms with Crippen molar-refractivity contribution in [1.29, 1.82) is 0 Å². The maximum absolute atomic E-state index is 13.1. The Morgan fingerprint density at radius 3 is 2.14 bits per heavy atom. The summed E-state index contributed by atoms with van der Waals surface area (Å²) in [7, 11) is 2.95. The first-order valence-corrected chi connectivity index (χ1v) is 10.3. The first-order chi connectivity index (χ1) is 13.6. The van der Waals surface area contributed by atoms with Crippen LogP contribution in [0.15, 0.2) is 0 Å². The Hall–Kier alpha value is -1.35. The number of rotatable bonds is 8. The first kappa shape index (κ1) is 22.3. The van der Waals surface area contributed by atoms with Gasteiger partial charge in [0.15, 0.2) is 0 Å². The molecule has 2 aliphatic carbocycles. The molecule has 0 aromatic rings. The van der Waals surface area contributed by atoms with Gasteiger partial charge in [0.05, 0.1) is 19.1 Å². The summed E-state index contributed by atoms with van der Waals surface area (Å²) in [6, 6.07) is -0.312. The van der Waals surface area contributed by atoms with Crippen LogP contribution in [0.1, 0.15) is 44.9 Å². The van der Waals surface area contributed by atoms with Gasteiger partial charge in [0, 0.05) is 31.7 Å². The van der Waals surface area contributed by atoms with Crippen molar-refractivity contribution in [3.8, 4) is 0 Å². The van der Waals surface area contributed by atoms with Crippen LogP contribution in [0.2, 0.25) is 0 Å². The molecule has 0 N–H and O–H groups in total. The number of ether oxygens (including phenoxy) is 2. The molecule has 166 valence electrons. The average Bonchev–Trinajstić information content (AvgIpc) is 3.48. The van der Waals surface area contributed by atoms with Gasteiger partial charge in [-0.15, -0.1) is 0 Å². The molecular weight excluding hydrogens is 389 g/mol. The van der Waals surface area contributed by atoms with Crippen molar-refractivity contribution in [3.05, 3.63) is 0 Å². The molecule has 0 bridgehead atoms. The third-order valence-electron chi connectivity index (χ3n) is 6.82. The van der Waals surface area contributed by atoms with E-state index >= 15 is 0 Å². The lowest BCUT2D eigenvalue weighted by molar-refractivity contribution is -0.188. The molecule has 3 fully saturated rings. The number of alkyl halides is 3. The van der Waals surface area contributed by atoms with Crippen molar-refractivity contribution in [2.24, 2.45) is 10.8 Å². The molecular formula is C20H31F3N2O4. The Bertz CT molecular complexity index is 609. The average molecular weight is 420 g/mol. The summed E-state index contributed by atoms with van der Waals surface area (Å²) in [6.45, 7) is 2.34. The van der Waals surface area contributed by atoms with Gasteiger partial charge in [0.1, 0.15) is 0 Å². The van der Waals surface area contributed by atoms with Crippen LogP contribution in [0, 0.1) is 10.8 Å². The van der Waals surface area contributed by atoms with Gasteiger partial charge in [-0.05, 0) is 51.6 Å². The molecule has 1 amide bonds. The van der Waals surface area contributed by atoms with Crippen LogP contribution in [0.5, 0.6) is 0 Å². The molecule has 2 saturated carbocycles. The number of carbonyl (C=O) groups is 2. The smallest absolute Gasteiger partial charge is 0.469 e. The lowest BCUT2D eigenvalue weighted by Crippen LogP contribution is -2.55. The predicted octanol–water partition coefficient (Wildman–Crippen LogP) is 2.61. The predicted molar refractivity (Wildman–Crippen MR) is 99.1 cm³/mol. The second-order valence-corrected chi connectivity index (χ2v) is 9.00. The van der Waals surface area contributed by atoms with E-state index in [1.54, 1.807) is 7.11 Å². The van der Waals surface area contributed by atoms with E-state index in [0.717, 1.165) is 24.2 Å². The second-order valence-electron chi connectivity index (χ2n) is 9.00. The number of piperidine rings is 1. The number of amides is 1. The van der Waals surface area contributed by atoms with Crippen LogP contribution in [0.4, 0.5) is 13.2 Å². The Kier molecular flexibility index (Phi) is 6.48. The van der Waals surface area contributed by atoms with Crippen molar-refractivity contribution >= 4 is 11.9 Å². The van der Waals surface area contributed by atoms with Crippen molar-refractivity contribution in [2.45, 2.75) is 57.2 Å². The maximum Gasteiger partial charge on any atom is 0.471 e. The molecule has 0 spiro atoms. The number of hydrogen-bond acceptors (Lipinski definition) is 5.